The molecule has 0 saturated carbocycles. The Balaban J connectivity index is 2.06. The second-order valence-electron chi connectivity index (χ2n) is 9.84. The van der Waals surface area contributed by atoms with Crippen LogP contribution in [0.5, 0.6) is 11.5 Å². The van der Waals surface area contributed by atoms with Gasteiger partial charge in [0.2, 0.25) is 11.8 Å². The summed E-state index contributed by atoms with van der Waals surface area (Å²) in [4.78, 5) is 28.5. The van der Waals surface area contributed by atoms with Gasteiger partial charge < -0.3 is 19.7 Å². The molecule has 226 valence electrons. The van der Waals surface area contributed by atoms with Crippen molar-refractivity contribution in [1.29, 1.82) is 0 Å². The number of nitrogens with zero attached hydrogens (tertiary/aromatic N) is 2. The number of anilines is 1. The van der Waals surface area contributed by atoms with Crippen LogP contribution in [-0.4, -0.2) is 58.5 Å². The first-order valence-corrected chi connectivity index (χ1v) is 15.5. The first kappa shape index (κ1) is 32.8. The summed E-state index contributed by atoms with van der Waals surface area (Å²) in [7, 11) is -1.30. The molecular weight excluding hydrogens is 578 g/mol. The summed E-state index contributed by atoms with van der Waals surface area (Å²) in [6.07, 6.45) is 1.69. The van der Waals surface area contributed by atoms with Gasteiger partial charge in [-0.05, 0) is 62.2 Å². The van der Waals surface area contributed by atoms with Gasteiger partial charge in [-0.1, -0.05) is 54.8 Å². The van der Waals surface area contributed by atoms with Gasteiger partial charge in [0.15, 0.2) is 11.5 Å². The van der Waals surface area contributed by atoms with Gasteiger partial charge in [-0.3, -0.25) is 13.9 Å². The minimum absolute atomic E-state index is 0.0161. The maximum absolute atomic E-state index is 14.1. The maximum atomic E-state index is 14.1. The molecule has 1 N–H and O–H groups in total. The summed E-state index contributed by atoms with van der Waals surface area (Å²) in [5, 5.41) is 3.35. The number of ether oxygens (including phenoxy) is 2. The van der Waals surface area contributed by atoms with E-state index in [4.69, 9.17) is 21.1 Å². The highest BCUT2D eigenvalue weighted by molar-refractivity contribution is 7.92. The standard InChI is InChI=1S/C31H38ClN3O6S/c1-6-7-17-33-31(37)23(3)34(20-24-9-8-10-25(32)18-24)30(36)21-35(26-13-16-28(40-4)29(19-26)41-5)42(38,39)27-14-11-22(2)12-15-27/h8-16,18-19,23H,6-7,17,20-21H2,1-5H3,(H,33,37)/t23-/m1/s1. The van der Waals surface area contributed by atoms with E-state index in [0.29, 0.717) is 28.6 Å². The van der Waals surface area contributed by atoms with Crippen LogP contribution in [0.1, 0.15) is 37.8 Å². The summed E-state index contributed by atoms with van der Waals surface area (Å²) in [5.41, 5.74) is 1.78. The van der Waals surface area contributed by atoms with Crippen LogP contribution in [-0.2, 0) is 26.2 Å². The van der Waals surface area contributed by atoms with Gasteiger partial charge in [-0.15, -0.1) is 0 Å². The van der Waals surface area contributed by atoms with Crippen molar-refractivity contribution in [2.24, 2.45) is 0 Å². The monoisotopic (exact) mass is 615 g/mol. The first-order valence-electron chi connectivity index (χ1n) is 13.6. The number of carbonyl (C=O) groups excluding carboxylic acids is 2. The number of hydrogen-bond acceptors (Lipinski definition) is 6. The highest BCUT2D eigenvalue weighted by Crippen LogP contribution is 2.34. The molecule has 0 aliphatic carbocycles. The minimum atomic E-state index is -4.22. The smallest absolute Gasteiger partial charge is 0.264 e. The van der Waals surface area contributed by atoms with Gasteiger partial charge in [0.05, 0.1) is 24.8 Å². The Bertz CT molecular complexity index is 1480. The largest absolute Gasteiger partial charge is 0.493 e. The number of nitrogens with one attached hydrogen (secondary N) is 1. The van der Waals surface area contributed by atoms with Gasteiger partial charge in [-0.25, -0.2) is 8.42 Å². The Labute approximate surface area is 253 Å². The molecule has 0 unspecified atom stereocenters. The van der Waals surface area contributed by atoms with E-state index >= 15 is 0 Å². The average Bonchev–Trinajstić information content (AvgIpc) is 2.98. The first-order chi connectivity index (χ1) is 20.0. The molecule has 0 aliphatic heterocycles. The Kier molecular flexibility index (Phi) is 11.6. The zero-order valence-electron chi connectivity index (χ0n) is 24.6. The Morgan fingerprint density at radius 3 is 2.29 bits per heavy atom. The highest BCUT2D eigenvalue weighted by Gasteiger charge is 2.33. The van der Waals surface area contributed by atoms with Crippen molar-refractivity contribution in [3.05, 3.63) is 82.9 Å². The van der Waals surface area contributed by atoms with Crippen molar-refractivity contribution in [1.82, 2.24) is 10.2 Å². The number of rotatable bonds is 14. The zero-order chi connectivity index (χ0) is 30.9. The van der Waals surface area contributed by atoms with E-state index < -0.39 is 28.5 Å². The van der Waals surface area contributed by atoms with E-state index in [2.05, 4.69) is 5.32 Å². The zero-order valence-corrected chi connectivity index (χ0v) is 26.2. The lowest BCUT2D eigenvalue weighted by molar-refractivity contribution is -0.139. The lowest BCUT2D eigenvalue weighted by Crippen LogP contribution is -2.51. The number of hydrogen-bond donors (Lipinski definition) is 1. The summed E-state index contributed by atoms with van der Waals surface area (Å²) in [6.45, 7) is 5.44. The third kappa shape index (κ3) is 8.17. The number of aryl methyl sites for hydroxylation is 1. The Morgan fingerprint density at radius 2 is 1.67 bits per heavy atom. The molecule has 3 aromatic carbocycles. The molecule has 0 bridgehead atoms. The van der Waals surface area contributed by atoms with Crippen molar-refractivity contribution < 1.29 is 27.5 Å². The molecule has 0 radical (unpaired) electrons. The molecule has 0 aliphatic rings. The number of amides is 2. The molecule has 9 nitrogen and oxygen atoms in total. The van der Waals surface area contributed by atoms with Crippen molar-refractivity contribution in [2.75, 3.05) is 31.6 Å². The maximum Gasteiger partial charge on any atom is 0.264 e. The van der Waals surface area contributed by atoms with E-state index in [1.54, 1.807) is 55.5 Å². The van der Waals surface area contributed by atoms with Crippen LogP contribution in [0.25, 0.3) is 0 Å². The molecule has 0 aromatic heterocycles. The topological polar surface area (TPSA) is 105 Å². The van der Waals surface area contributed by atoms with Gasteiger partial charge in [-0.2, -0.15) is 0 Å². The van der Waals surface area contributed by atoms with Crippen LogP contribution < -0.4 is 19.1 Å². The Morgan fingerprint density at radius 1 is 0.976 bits per heavy atom. The van der Waals surface area contributed by atoms with Gasteiger partial charge in [0.25, 0.3) is 10.0 Å². The molecule has 11 heteroatoms. The average molecular weight is 616 g/mol. The molecule has 0 saturated heterocycles. The fourth-order valence-corrected chi connectivity index (χ4v) is 5.92. The van der Waals surface area contributed by atoms with Crippen molar-refractivity contribution in [2.45, 2.75) is 51.1 Å². The number of unbranched alkanes of at least 4 members (excludes halogenated alkanes) is 1. The summed E-state index contributed by atoms with van der Waals surface area (Å²) >= 11 is 6.20. The predicted molar refractivity (Wildman–Crippen MR) is 165 cm³/mol. The van der Waals surface area contributed by atoms with Crippen LogP contribution in [0, 0.1) is 6.92 Å². The second-order valence-corrected chi connectivity index (χ2v) is 12.1. The van der Waals surface area contributed by atoms with Gasteiger partial charge in [0, 0.05) is 24.2 Å². The normalized spacial score (nSPS) is 11.9. The van der Waals surface area contributed by atoms with Gasteiger partial charge in [0.1, 0.15) is 12.6 Å². The van der Waals surface area contributed by atoms with Crippen LogP contribution in [0.4, 0.5) is 5.69 Å². The molecule has 2 amide bonds. The lowest BCUT2D eigenvalue weighted by atomic mass is 10.1. The summed E-state index contributed by atoms with van der Waals surface area (Å²) in [6, 6.07) is 17.1. The van der Waals surface area contributed by atoms with Crippen molar-refractivity contribution >= 4 is 39.1 Å². The number of sulfonamides is 1. The Hall–Kier alpha value is -3.76. The molecule has 1 atom stereocenters. The van der Waals surface area contributed by atoms with Crippen molar-refractivity contribution in [3.63, 3.8) is 0 Å². The van der Waals surface area contributed by atoms with E-state index in [-0.39, 0.29) is 23.0 Å². The quantitative estimate of drug-likeness (QED) is 0.250. The summed E-state index contributed by atoms with van der Waals surface area (Å²) in [5.74, 6) is -0.206. The van der Waals surface area contributed by atoms with E-state index in [1.165, 1.54) is 37.3 Å². The molecule has 0 fully saturated rings. The minimum Gasteiger partial charge on any atom is -0.493 e. The molecular formula is C31H38ClN3O6S. The predicted octanol–water partition coefficient (Wildman–Crippen LogP) is 5.19. The van der Waals surface area contributed by atoms with Crippen LogP contribution >= 0.6 is 11.6 Å². The fourth-order valence-electron chi connectivity index (χ4n) is 4.30. The number of carbonyl (C=O) groups is 2. The molecule has 0 heterocycles. The van der Waals surface area contributed by atoms with E-state index in [0.717, 1.165) is 22.7 Å². The second kappa shape index (κ2) is 14.9. The van der Waals surface area contributed by atoms with Crippen LogP contribution in [0.3, 0.4) is 0 Å². The van der Waals surface area contributed by atoms with Crippen LogP contribution in [0.15, 0.2) is 71.6 Å². The van der Waals surface area contributed by atoms with Crippen LogP contribution in [0.2, 0.25) is 5.02 Å². The fraction of sp³-hybridized carbons (Fsp3) is 0.355. The van der Waals surface area contributed by atoms with Gasteiger partial charge >= 0.3 is 0 Å². The number of benzene rings is 3. The SMILES string of the molecule is CCCCNC(=O)[C@@H](C)N(Cc1cccc(Cl)c1)C(=O)CN(c1ccc(OC)c(OC)c1)S(=O)(=O)c1ccc(C)cc1. The summed E-state index contributed by atoms with van der Waals surface area (Å²) < 4.78 is 39.8. The van der Waals surface area contributed by atoms with E-state index in [1.807, 2.05) is 13.8 Å². The third-order valence-electron chi connectivity index (χ3n) is 6.78. The highest BCUT2D eigenvalue weighted by atomic mass is 35.5. The van der Waals surface area contributed by atoms with Crippen molar-refractivity contribution in [3.8, 4) is 11.5 Å². The molecule has 0 spiro atoms. The van der Waals surface area contributed by atoms with E-state index in [9.17, 15) is 18.0 Å². The third-order valence-corrected chi connectivity index (χ3v) is 8.80. The molecule has 3 rings (SSSR count). The molecule has 3 aromatic rings. The molecule has 42 heavy (non-hydrogen) atoms. The lowest BCUT2D eigenvalue weighted by Gasteiger charge is -2.32. The number of methoxy groups -OCH3 is 2. The number of halogens is 1.